The second kappa shape index (κ2) is 14.2. The molecule has 0 aliphatic carbocycles. The number of benzene rings is 3. The van der Waals surface area contributed by atoms with E-state index in [4.69, 9.17) is 16.3 Å². The van der Waals surface area contributed by atoms with Crippen molar-refractivity contribution in [1.82, 2.24) is 10.2 Å². The van der Waals surface area contributed by atoms with Crippen LogP contribution in [-0.4, -0.2) is 35.9 Å². The van der Waals surface area contributed by atoms with Crippen LogP contribution in [0.2, 0.25) is 5.02 Å². The standard InChI is InChI=1S/C30H34BrClN2O3/c1-4-22-13-14-28(26(31)16-22)37-20-29(35)34(19-24-11-8-12-25(32)15-24)27(30(36)33-18-21(2)3)17-23-9-6-5-7-10-23/h5-16,21,27H,4,17-20H2,1-3H3,(H,33,36)/t27-/m1/s1. The highest BCUT2D eigenvalue weighted by Crippen LogP contribution is 2.26. The number of halogens is 2. The zero-order valence-electron chi connectivity index (χ0n) is 21.5. The number of aryl methyl sites for hydroxylation is 1. The van der Waals surface area contributed by atoms with E-state index in [0.717, 1.165) is 27.6 Å². The van der Waals surface area contributed by atoms with Gasteiger partial charge in [0.2, 0.25) is 5.91 Å². The Bertz CT molecular complexity index is 1190. The van der Waals surface area contributed by atoms with E-state index in [-0.39, 0.29) is 30.9 Å². The van der Waals surface area contributed by atoms with Gasteiger partial charge in [-0.2, -0.15) is 0 Å². The van der Waals surface area contributed by atoms with Crippen LogP contribution >= 0.6 is 27.5 Å². The molecule has 1 atom stereocenters. The fourth-order valence-electron chi connectivity index (χ4n) is 3.91. The topological polar surface area (TPSA) is 58.6 Å². The van der Waals surface area contributed by atoms with Crippen LogP contribution in [-0.2, 0) is 29.0 Å². The summed E-state index contributed by atoms with van der Waals surface area (Å²) >= 11 is 9.77. The predicted molar refractivity (Wildman–Crippen MR) is 153 cm³/mol. The van der Waals surface area contributed by atoms with Crippen LogP contribution in [0.25, 0.3) is 0 Å². The Kier molecular flexibility index (Phi) is 11.0. The SMILES string of the molecule is CCc1ccc(OCC(=O)N(Cc2cccc(Cl)c2)[C@H](Cc2ccccc2)C(=O)NCC(C)C)c(Br)c1. The molecule has 3 rings (SSSR count). The van der Waals surface area contributed by atoms with Gasteiger partial charge in [0, 0.05) is 24.5 Å². The lowest BCUT2D eigenvalue weighted by Gasteiger charge is -2.32. The number of nitrogens with one attached hydrogen (secondary N) is 1. The van der Waals surface area contributed by atoms with Crippen molar-refractivity contribution in [3.63, 3.8) is 0 Å². The van der Waals surface area contributed by atoms with Crippen molar-refractivity contribution in [3.05, 3.63) is 99.0 Å². The summed E-state index contributed by atoms with van der Waals surface area (Å²) in [5.74, 6) is 0.385. The Morgan fingerprint density at radius 1 is 0.973 bits per heavy atom. The Morgan fingerprint density at radius 2 is 1.70 bits per heavy atom. The van der Waals surface area contributed by atoms with Crippen LogP contribution in [0.15, 0.2) is 77.3 Å². The summed E-state index contributed by atoms with van der Waals surface area (Å²) in [7, 11) is 0. The maximum absolute atomic E-state index is 13.7. The largest absolute Gasteiger partial charge is 0.483 e. The van der Waals surface area contributed by atoms with Gasteiger partial charge in [0.15, 0.2) is 6.61 Å². The predicted octanol–water partition coefficient (Wildman–Crippen LogP) is 6.46. The van der Waals surface area contributed by atoms with E-state index in [0.29, 0.717) is 23.7 Å². The van der Waals surface area contributed by atoms with E-state index in [1.54, 1.807) is 11.0 Å². The second-order valence-corrected chi connectivity index (χ2v) is 10.7. The van der Waals surface area contributed by atoms with Crippen LogP contribution in [0.4, 0.5) is 0 Å². The Morgan fingerprint density at radius 3 is 2.35 bits per heavy atom. The molecule has 196 valence electrons. The normalized spacial score (nSPS) is 11.7. The Hall–Kier alpha value is -2.83. The highest BCUT2D eigenvalue weighted by atomic mass is 79.9. The smallest absolute Gasteiger partial charge is 0.261 e. The maximum Gasteiger partial charge on any atom is 0.261 e. The maximum atomic E-state index is 13.7. The van der Waals surface area contributed by atoms with Crippen LogP contribution < -0.4 is 10.1 Å². The van der Waals surface area contributed by atoms with Gasteiger partial charge in [-0.1, -0.05) is 80.9 Å². The summed E-state index contributed by atoms with van der Waals surface area (Å²) in [5, 5.41) is 3.60. The zero-order valence-corrected chi connectivity index (χ0v) is 23.9. The first-order chi connectivity index (χ1) is 17.8. The molecule has 1 N–H and O–H groups in total. The molecular formula is C30H34BrClN2O3. The number of hydrogen-bond acceptors (Lipinski definition) is 3. The van der Waals surface area contributed by atoms with E-state index in [9.17, 15) is 9.59 Å². The first-order valence-electron chi connectivity index (χ1n) is 12.5. The third-order valence-electron chi connectivity index (χ3n) is 5.95. The Labute approximate surface area is 233 Å². The van der Waals surface area contributed by atoms with E-state index < -0.39 is 6.04 Å². The minimum absolute atomic E-state index is 0.193. The average molecular weight is 586 g/mol. The van der Waals surface area contributed by atoms with Crippen LogP contribution in [0.3, 0.4) is 0 Å². The van der Waals surface area contributed by atoms with E-state index in [1.807, 2.05) is 80.6 Å². The molecule has 0 saturated carbocycles. The van der Waals surface area contributed by atoms with Gasteiger partial charge in [0.25, 0.3) is 5.91 Å². The molecule has 0 saturated heterocycles. The fraction of sp³-hybridized carbons (Fsp3) is 0.333. The lowest BCUT2D eigenvalue weighted by molar-refractivity contribution is -0.142. The molecule has 37 heavy (non-hydrogen) atoms. The van der Waals surface area contributed by atoms with Crippen LogP contribution in [0.1, 0.15) is 37.5 Å². The molecular weight excluding hydrogens is 552 g/mol. The van der Waals surface area contributed by atoms with E-state index >= 15 is 0 Å². The minimum Gasteiger partial charge on any atom is -0.483 e. The molecule has 2 amide bonds. The molecule has 0 aliphatic rings. The monoisotopic (exact) mass is 584 g/mol. The van der Waals surface area contributed by atoms with Gasteiger partial charge in [-0.3, -0.25) is 9.59 Å². The summed E-state index contributed by atoms with van der Waals surface area (Å²) < 4.78 is 6.71. The molecule has 0 radical (unpaired) electrons. The van der Waals surface area contributed by atoms with Crippen molar-refractivity contribution in [2.75, 3.05) is 13.2 Å². The summed E-state index contributed by atoms with van der Waals surface area (Å²) in [6.07, 6.45) is 1.28. The molecule has 5 nitrogen and oxygen atoms in total. The van der Waals surface area contributed by atoms with Crippen LogP contribution in [0.5, 0.6) is 5.75 Å². The summed E-state index contributed by atoms with van der Waals surface area (Å²) in [5.41, 5.74) is 2.97. The number of ether oxygens (including phenoxy) is 1. The highest BCUT2D eigenvalue weighted by Gasteiger charge is 2.31. The number of nitrogens with zero attached hydrogens (tertiary/aromatic N) is 1. The van der Waals surface area contributed by atoms with Crippen molar-refractivity contribution in [2.45, 2.75) is 46.2 Å². The average Bonchev–Trinajstić information content (AvgIpc) is 2.89. The number of hydrogen-bond donors (Lipinski definition) is 1. The lowest BCUT2D eigenvalue weighted by atomic mass is 10.0. The molecule has 3 aromatic rings. The van der Waals surface area contributed by atoms with Gasteiger partial charge < -0.3 is 15.0 Å². The molecule has 0 aliphatic heterocycles. The summed E-state index contributed by atoms with van der Waals surface area (Å²) in [4.78, 5) is 28.8. The zero-order chi connectivity index (χ0) is 26.8. The third-order valence-corrected chi connectivity index (χ3v) is 6.81. The van der Waals surface area contributed by atoms with Crippen molar-refractivity contribution < 1.29 is 14.3 Å². The van der Waals surface area contributed by atoms with Gasteiger partial charge in [0.1, 0.15) is 11.8 Å². The molecule has 7 heteroatoms. The molecule has 0 fully saturated rings. The second-order valence-electron chi connectivity index (χ2n) is 9.40. The number of amides is 2. The van der Waals surface area contributed by atoms with Gasteiger partial charge in [-0.25, -0.2) is 0 Å². The summed E-state index contributed by atoms with van der Waals surface area (Å²) in [6.45, 7) is 6.71. The summed E-state index contributed by atoms with van der Waals surface area (Å²) in [6, 6.07) is 22.2. The molecule has 0 bridgehead atoms. The van der Waals surface area contributed by atoms with Gasteiger partial charge in [-0.15, -0.1) is 0 Å². The molecule has 0 spiro atoms. The molecule has 0 unspecified atom stereocenters. The van der Waals surface area contributed by atoms with E-state index in [2.05, 4.69) is 28.2 Å². The van der Waals surface area contributed by atoms with E-state index in [1.165, 1.54) is 0 Å². The van der Waals surface area contributed by atoms with Crippen molar-refractivity contribution >= 4 is 39.3 Å². The minimum atomic E-state index is -0.720. The molecule has 0 aromatic heterocycles. The highest BCUT2D eigenvalue weighted by molar-refractivity contribution is 9.10. The molecule has 3 aromatic carbocycles. The lowest BCUT2D eigenvalue weighted by Crippen LogP contribution is -2.52. The number of carbonyl (C=O) groups is 2. The van der Waals surface area contributed by atoms with Gasteiger partial charge in [0.05, 0.1) is 4.47 Å². The number of rotatable bonds is 12. The first-order valence-corrected chi connectivity index (χ1v) is 13.7. The van der Waals surface area contributed by atoms with Gasteiger partial charge >= 0.3 is 0 Å². The molecule has 0 heterocycles. The van der Waals surface area contributed by atoms with Gasteiger partial charge in [-0.05, 0) is 69.2 Å². The first kappa shape index (κ1) is 28.7. The fourth-order valence-corrected chi connectivity index (χ4v) is 4.67. The van der Waals surface area contributed by atoms with Crippen molar-refractivity contribution in [1.29, 1.82) is 0 Å². The quantitative estimate of drug-likeness (QED) is 0.266. The Balaban J connectivity index is 1.90. The van der Waals surface area contributed by atoms with Crippen molar-refractivity contribution in [3.8, 4) is 5.75 Å². The third kappa shape index (κ3) is 8.90. The number of carbonyl (C=O) groups excluding carboxylic acids is 2. The van der Waals surface area contributed by atoms with Crippen LogP contribution in [0, 0.1) is 5.92 Å². The van der Waals surface area contributed by atoms with Crippen molar-refractivity contribution in [2.24, 2.45) is 5.92 Å².